The Labute approximate surface area is 132 Å². The van der Waals surface area contributed by atoms with Gasteiger partial charge in [0.25, 0.3) is 5.91 Å². The zero-order valence-electron chi connectivity index (χ0n) is 12.1. The molecular weight excluding hydrogens is 298 g/mol. The standard InChI is InChI=1S/C17H15NO5/c19-15(20)10-14(11-6-2-1-3-7-11)18-16(21)12-8-4-5-9-13(12)17(22)23/h1-9,14H,10H2,(H,18,21)(H,19,20)(H,22,23). The topological polar surface area (TPSA) is 104 Å². The molecule has 1 amide bonds. The maximum absolute atomic E-state index is 12.4. The quantitative estimate of drug-likeness (QED) is 0.759. The first kappa shape index (κ1) is 16.2. The molecule has 0 spiro atoms. The summed E-state index contributed by atoms with van der Waals surface area (Å²) in [5, 5.41) is 20.8. The molecule has 0 saturated heterocycles. The van der Waals surface area contributed by atoms with Crippen LogP contribution >= 0.6 is 0 Å². The summed E-state index contributed by atoms with van der Waals surface area (Å²) in [5.74, 6) is -2.91. The maximum Gasteiger partial charge on any atom is 0.336 e. The van der Waals surface area contributed by atoms with Crippen LogP contribution in [0.2, 0.25) is 0 Å². The number of carboxylic acids is 2. The SMILES string of the molecule is O=C(O)CC(NC(=O)c1ccccc1C(=O)O)c1ccccc1. The van der Waals surface area contributed by atoms with Crippen LogP contribution in [0.3, 0.4) is 0 Å². The Kier molecular flexibility index (Phi) is 5.09. The van der Waals surface area contributed by atoms with Crippen molar-refractivity contribution in [2.75, 3.05) is 0 Å². The zero-order valence-corrected chi connectivity index (χ0v) is 12.1. The summed E-state index contributed by atoms with van der Waals surface area (Å²) in [6.45, 7) is 0. The van der Waals surface area contributed by atoms with Gasteiger partial charge in [-0.25, -0.2) is 4.79 Å². The molecule has 0 heterocycles. The van der Waals surface area contributed by atoms with Crippen molar-refractivity contribution in [1.82, 2.24) is 5.32 Å². The molecule has 0 bridgehead atoms. The van der Waals surface area contributed by atoms with Crippen molar-refractivity contribution in [3.05, 3.63) is 71.3 Å². The lowest BCUT2D eigenvalue weighted by atomic mass is 10.0. The molecule has 0 aromatic heterocycles. The second-order valence-corrected chi connectivity index (χ2v) is 4.89. The van der Waals surface area contributed by atoms with E-state index in [1.807, 2.05) is 0 Å². The molecule has 0 fully saturated rings. The van der Waals surface area contributed by atoms with Crippen molar-refractivity contribution in [1.29, 1.82) is 0 Å². The summed E-state index contributed by atoms with van der Waals surface area (Å²) in [6.07, 6.45) is -0.301. The average molecular weight is 313 g/mol. The lowest BCUT2D eigenvalue weighted by Crippen LogP contribution is -2.31. The molecule has 23 heavy (non-hydrogen) atoms. The van der Waals surface area contributed by atoms with Gasteiger partial charge in [0.05, 0.1) is 23.6 Å². The zero-order chi connectivity index (χ0) is 16.8. The van der Waals surface area contributed by atoms with Gasteiger partial charge in [-0.3, -0.25) is 9.59 Å². The van der Waals surface area contributed by atoms with Crippen molar-refractivity contribution in [2.24, 2.45) is 0 Å². The van der Waals surface area contributed by atoms with Crippen molar-refractivity contribution in [2.45, 2.75) is 12.5 Å². The van der Waals surface area contributed by atoms with Crippen molar-refractivity contribution < 1.29 is 24.6 Å². The summed E-state index contributed by atoms with van der Waals surface area (Å²) < 4.78 is 0. The van der Waals surface area contributed by atoms with Gasteiger partial charge in [0.2, 0.25) is 0 Å². The van der Waals surface area contributed by atoms with E-state index >= 15 is 0 Å². The van der Waals surface area contributed by atoms with Gasteiger partial charge >= 0.3 is 11.9 Å². The molecule has 6 heteroatoms. The fourth-order valence-corrected chi connectivity index (χ4v) is 2.22. The van der Waals surface area contributed by atoms with E-state index in [0.29, 0.717) is 5.56 Å². The smallest absolute Gasteiger partial charge is 0.336 e. The van der Waals surface area contributed by atoms with Gasteiger partial charge in [-0.2, -0.15) is 0 Å². The number of benzene rings is 2. The van der Waals surface area contributed by atoms with Gasteiger partial charge in [-0.1, -0.05) is 42.5 Å². The molecule has 2 aromatic rings. The van der Waals surface area contributed by atoms with Crippen LogP contribution < -0.4 is 5.32 Å². The molecule has 0 saturated carbocycles. The normalized spacial score (nSPS) is 11.5. The first-order chi connectivity index (χ1) is 11.0. The third-order valence-electron chi connectivity index (χ3n) is 3.29. The van der Waals surface area contributed by atoms with Crippen molar-refractivity contribution in [3.63, 3.8) is 0 Å². The Bertz CT molecular complexity index is 727. The Balaban J connectivity index is 2.28. The molecule has 118 valence electrons. The summed E-state index contributed by atoms with van der Waals surface area (Å²) in [5.41, 5.74) is 0.495. The minimum absolute atomic E-state index is 0.00804. The summed E-state index contributed by atoms with van der Waals surface area (Å²) in [6, 6.07) is 13.7. The number of carboxylic acid groups (broad SMARTS) is 2. The van der Waals surface area contributed by atoms with E-state index in [4.69, 9.17) is 10.2 Å². The molecule has 6 nitrogen and oxygen atoms in total. The summed E-state index contributed by atoms with van der Waals surface area (Å²) >= 11 is 0. The minimum Gasteiger partial charge on any atom is -0.481 e. The molecule has 1 unspecified atom stereocenters. The number of rotatable bonds is 6. The Hall–Kier alpha value is -3.15. The molecule has 0 radical (unpaired) electrons. The first-order valence-corrected chi connectivity index (χ1v) is 6.89. The van der Waals surface area contributed by atoms with Crippen LogP contribution in [0.1, 0.15) is 38.7 Å². The average Bonchev–Trinajstić information content (AvgIpc) is 2.54. The number of nitrogens with one attached hydrogen (secondary N) is 1. The van der Waals surface area contributed by atoms with Gasteiger partial charge in [0.15, 0.2) is 0 Å². The lowest BCUT2D eigenvalue weighted by Gasteiger charge is -2.18. The van der Waals surface area contributed by atoms with Crippen LogP contribution in [0.25, 0.3) is 0 Å². The molecular formula is C17H15NO5. The van der Waals surface area contributed by atoms with Gasteiger partial charge in [-0.05, 0) is 17.7 Å². The predicted molar refractivity (Wildman–Crippen MR) is 82.3 cm³/mol. The molecule has 2 rings (SSSR count). The van der Waals surface area contributed by atoms with Gasteiger partial charge in [0.1, 0.15) is 0 Å². The van der Waals surface area contributed by atoms with E-state index < -0.39 is 23.9 Å². The first-order valence-electron chi connectivity index (χ1n) is 6.89. The van der Waals surface area contributed by atoms with Gasteiger partial charge in [0, 0.05) is 0 Å². The van der Waals surface area contributed by atoms with E-state index in [1.54, 1.807) is 36.4 Å². The van der Waals surface area contributed by atoms with Crippen LogP contribution in [-0.4, -0.2) is 28.1 Å². The number of amides is 1. The number of carbonyl (C=O) groups is 3. The predicted octanol–water partition coefficient (Wildman–Crippen LogP) is 2.33. The number of hydrogen-bond donors (Lipinski definition) is 3. The van der Waals surface area contributed by atoms with Crippen LogP contribution in [0.5, 0.6) is 0 Å². The lowest BCUT2D eigenvalue weighted by molar-refractivity contribution is -0.137. The number of hydrogen-bond acceptors (Lipinski definition) is 3. The summed E-state index contributed by atoms with van der Waals surface area (Å²) in [4.78, 5) is 34.6. The highest BCUT2D eigenvalue weighted by Gasteiger charge is 2.21. The maximum atomic E-state index is 12.4. The van der Waals surface area contributed by atoms with Crippen molar-refractivity contribution >= 4 is 17.8 Å². The van der Waals surface area contributed by atoms with E-state index in [0.717, 1.165) is 0 Å². The Morgan fingerprint density at radius 1 is 0.870 bits per heavy atom. The largest absolute Gasteiger partial charge is 0.481 e. The molecule has 1 atom stereocenters. The molecule has 0 aliphatic rings. The summed E-state index contributed by atoms with van der Waals surface area (Å²) in [7, 11) is 0. The molecule has 0 aliphatic carbocycles. The highest BCUT2D eigenvalue weighted by molar-refractivity contribution is 6.04. The van der Waals surface area contributed by atoms with E-state index in [9.17, 15) is 14.4 Å². The van der Waals surface area contributed by atoms with Crippen LogP contribution in [0.4, 0.5) is 0 Å². The Morgan fingerprint density at radius 2 is 1.43 bits per heavy atom. The molecule has 0 aliphatic heterocycles. The second kappa shape index (κ2) is 7.22. The van der Waals surface area contributed by atoms with E-state index in [1.165, 1.54) is 18.2 Å². The Morgan fingerprint density at radius 3 is 2.00 bits per heavy atom. The van der Waals surface area contributed by atoms with Gasteiger partial charge < -0.3 is 15.5 Å². The number of carbonyl (C=O) groups excluding carboxylic acids is 1. The molecule has 2 aromatic carbocycles. The van der Waals surface area contributed by atoms with Crippen molar-refractivity contribution in [3.8, 4) is 0 Å². The van der Waals surface area contributed by atoms with Crippen LogP contribution in [0.15, 0.2) is 54.6 Å². The second-order valence-electron chi connectivity index (χ2n) is 4.89. The van der Waals surface area contributed by atoms with Crippen LogP contribution in [-0.2, 0) is 4.79 Å². The highest BCUT2D eigenvalue weighted by atomic mass is 16.4. The monoisotopic (exact) mass is 313 g/mol. The number of aromatic carboxylic acids is 1. The fourth-order valence-electron chi connectivity index (χ4n) is 2.22. The number of aliphatic carboxylic acids is 1. The molecule has 3 N–H and O–H groups in total. The van der Waals surface area contributed by atoms with E-state index in [2.05, 4.69) is 5.32 Å². The van der Waals surface area contributed by atoms with Gasteiger partial charge in [-0.15, -0.1) is 0 Å². The third-order valence-corrected chi connectivity index (χ3v) is 3.29. The van der Waals surface area contributed by atoms with E-state index in [-0.39, 0.29) is 17.5 Å². The third kappa shape index (κ3) is 4.16. The highest BCUT2D eigenvalue weighted by Crippen LogP contribution is 2.18. The minimum atomic E-state index is -1.22. The van der Waals surface area contributed by atoms with Crippen LogP contribution in [0, 0.1) is 0 Å². The fraction of sp³-hybridized carbons (Fsp3) is 0.118.